The molecule has 8 aromatic rings. The standard InChI is InChI=1S/C50H28Br2N4O2/c51-37-21-23-39-41-29(37)17-19-31(45(41)55-49(53-39)33-13-5-1-9-25(33)26-10-2-6-14-34(26)49)43-47(57)44(48(43)58)32-20-18-30-38(52)22-24-40-42(30)46(32)56-50(54-40)35-15-7-3-11-27(35)28-12-4-8-16-36(28)50/h1-24,53,55-57H/b44-32+. The molecular weight excluding hydrogens is 848 g/mol. The van der Waals surface area contributed by atoms with Gasteiger partial charge in [-0.25, -0.2) is 4.99 Å². The van der Waals surface area contributed by atoms with Crippen molar-refractivity contribution in [2.75, 3.05) is 16.0 Å². The number of carbonyl (C=O) groups excluding carboxylic acids is 1. The van der Waals surface area contributed by atoms with Crippen LogP contribution in [0, 0.1) is 0 Å². The molecule has 13 rings (SSSR count). The van der Waals surface area contributed by atoms with Crippen LogP contribution in [0.5, 0.6) is 0 Å². The van der Waals surface area contributed by atoms with Gasteiger partial charge in [0.05, 0.1) is 27.9 Å². The van der Waals surface area contributed by atoms with E-state index in [1.54, 1.807) is 0 Å². The van der Waals surface area contributed by atoms with E-state index in [9.17, 15) is 9.90 Å². The van der Waals surface area contributed by atoms with Crippen LogP contribution in [0.25, 0.3) is 54.9 Å². The van der Waals surface area contributed by atoms with E-state index in [0.29, 0.717) is 10.8 Å². The second-order valence-corrected chi connectivity index (χ2v) is 17.2. The van der Waals surface area contributed by atoms with Crippen molar-refractivity contribution < 1.29 is 9.90 Å². The summed E-state index contributed by atoms with van der Waals surface area (Å²) in [5, 5.41) is 29.3. The number of aliphatic hydroxyl groups is 1. The Morgan fingerprint density at radius 1 is 0.500 bits per heavy atom. The Kier molecular flexibility index (Phi) is 6.25. The van der Waals surface area contributed by atoms with Crippen LogP contribution in [0.15, 0.2) is 165 Å². The molecule has 2 spiro atoms. The molecule has 8 heteroatoms. The van der Waals surface area contributed by atoms with Crippen molar-refractivity contribution in [1.82, 2.24) is 0 Å². The number of rotatable bonds is 1. The number of aliphatic hydroxyl groups excluding tert-OH is 1. The van der Waals surface area contributed by atoms with Crippen LogP contribution in [-0.2, 0) is 16.1 Å². The lowest BCUT2D eigenvalue weighted by Gasteiger charge is -2.41. The second-order valence-electron chi connectivity index (χ2n) is 15.5. The molecule has 3 aliphatic carbocycles. The molecule has 4 N–H and O–H groups in total. The molecule has 0 atom stereocenters. The number of allylic oxidation sites excluding steroid dienone is 2. The largest absolute Gasteiger partial charge is 0.506 e. The van der Waals surface area contributed by atoms with Gasteiger partial charge in [0.2, 0.25) is 5.78 Å². The van der Waals surface area contributed by atoms with Gasteiger partial charge in [0.15, 0.2) is 11.3 Å². The van der Waals surface area contributed by atoms with Gasteiger partial charge in [-0.2, -0.15) is 0 Å². The third kappa shape index (κ3) is 3.87. The number of nitrogens with zero attached hydrogens (tertiary/aromatic N) is 1. The van der Waals surface area contributed by atoms with E-state index in [1.165, 1.54) is 0 Å². The van der Waals surface area contributed by atoms with Crippen LogP contribution in [0.4, 0.5) is 17.1 Å². The molecule has 0 unspecified atom stereocenters. The number of fused-ring (bicyclic) bond motifs is 10. The summed E-state index contributed by atoms with van der Waals surface area (Å²) < 4.78 is 1.86. The Morgan fingerprint density at radius 3 is 1.69 bits per heavy atom. The number of nitrogens with one attached hydrogen (secondary N) is 3. The zero-order chi connectivity index (χ0) is 38.7. The summed E-state index contributed by atoms with van der Waals surface area (Å²) in [5.74, 6) is -0.250. The number of benzene rings is 8. The first kappa shape index (κ1) is 32.6. The predicted octanol–water partition coefficient (Wildman–Crippen LogP) is 10.9. The summed E-state index contributed by atoms with van der Waals surface area (Å²) in [6.45, 7) is 0. The molecular formula is C50H28Br2N4O2. The van der Waals surface area contributed by atoms with E-state index in [0.717, 1.165) is 97.4 Å². The first-order chi connectivity index (χ1) is 28.4. The smallest absolute Gasteiger partial charge is 0.201 e. The average Bonchev–Trinajstić information content (AvgIpc) is 3.67. The minimum atomic E-state index is -0.933. The van der Waals surface area contributed by atoms with Crippen LogP contribution in [0.2, 0.25) is 0 Å². The number of anilines is 3. The van der Waals surface area contributed by atoms with Gasteiger partial charge in [-0.3, -0.25) is 4.79 Å². The van der Waals surface area contributed by atoms with E-state index in [4.69, 9.17) is 4.99 Å². The van der Waals surface area contributed by atoms with E-state index < -0.39 is 11.3 Å². The highest BCUT2D eigenvalue weighted by Crippen LogP contribution is 2.56. The van der Waals surface area contributed by atoms with Gasteiger partial charge in [-0.15, -0.1) is 0 Å². The molecule has 58 heavy (non-hydrogen) atoms. The third-order valence-corrected chi connectivity index (χ3v) is 14.2. The maximum atomic E-state index is 15.0. The maximum Gasteiger partial charge on any atom is 0.201 e. The Hall–Kier alpha value is -6.48. The van der Waals surface area contributed by atoms with Gasteiger partial charge in [0, 0.05) is 69.2 Å². The minimum Gasteiger partial charge on any atom is -0.506 e. The molecule has 2 aliphatic heterocycles. The predicted molar refractivity (Wildman–Crippen MR) is 238 cm³/mol. The first-order valence-corrected chi connectivity index (χ1v) is 20.8. The lowest BCUT2D eigenvalue weighted by Crippen LogP contribution is -2.45. The topological polar surface area (TPSA) is 85.8 Å². The Labute approximate surface area is 348 Å². The average molecular weight is 877 g/mol. The number of ketones is 1. The van der Waals surface area contributed by atoms with Crippen LogP contribution in [-0.4, -0.2) is 10.9 Å². The molecule has 0 saturated carbocycles. The zero-order valence-electron chi connectivity index (χ0n) is 30.4. The Balaban J connectivity index is 1.05. The van der Waals surface area contributed by atoms with Gasteiger partial charge in [-0.1, -0.05) is 153 Å². The molecule has 5 aliphatic rings. The molecule has 0 fully saturated rings. The van der Waals surface area contributed by atoms with Crippen LogP contribution < -0.4 is 26.5 Å². The molecule has 2 heterocycles. The summed E-state index contributed by atoms with van der Waals surface area (Å²) in [6, 6.07) is 49.8. The minimum absolute atomic E-state index is 0.0310. The molecule has 0 amide bonds. The van der Waals surface area contributed by atoms with Gasteiger partial charge >= 0.3 is 0 Å². The fourth-order valence-corrected chi connectivity index (χ4v) is 11.3. The van der Waals surface area contributed by atoms with Crippen LogP contribution in [0.1, 0.15) is 27.8 Å². The molecule has 0 saturated heterocycles. The monoisotopic (exact) mass is 874 g/mol. The second kappa shape index (κ2) is 11.1. The molecule has 0 aromatic heterocycles. The number of carbonyl (C=O) groups is 1. The van der Waals surface area contributed by atoms with Gasteiger partial charge in [0.25, 0.3) is 0 Å². The van der Waals surface area contributed by atoms with Crippen LogP contribution in [0.3, 0.4) is 0 Å². The molecule has 274 valence electrons. The Morgan fingerprint density at radius 2 is 1.05 bits per heavy atom. The van der Waals surface area contributed by atoms with E-state index in [1.807, 2.05) is 48.5 Å². The summed E-state index contributed by atoms with van der Waals surface area (Å²) in [5.41, 5.74) is 10.7. The fraction of sp³-hybridized carbons (Fsp3) is 0.0400. The van der Waals surface area contributed by atoms with Gasteiger partial charge < -0.3 is 21.1 Å². The van der Waals surface area contributed by atoms with E-state index in [2.05, 4.69) is 145 Å². The van der Waals surface area contributed by atoms with E-state index in [-0.39, 0.29) is 22.7 Å². The molecule has 0 bridgehead atoms. The first-order valence-electron chi connectivity index (χ1n) is 19.2. The highest BCUT2D eigenvalue weighted by molar-refractivity contribution is 9.11. The van der Waals surface area contributed by atoms with Crippen molar-refractivity contribution >= 4 is 87.4 Å². The van der Waals surface area contributed by atoms with Gasteiger partial charge in [0.1, 0.15) is 5.76 Å². The van der Waals surface area contributed by atoms with Crippen LogP contribution >= 0.6 is 31.9 Å². The highest BCUT2D eigenvalue weighted by atomic mass is 79.9. The zero-order valence-corrected chi connectivity index (χ0v) is 33.6. The number of Topliss-reactive ketones (excluding diaryl/α,β-unsaturated/α-hetero) is 1. The van der Waals surface area contributed by atoms with Crippen molar-refractivity contribution in [3.05, 3.63) is 199 Å². The number of halogens is 2. The normalized spacial score (nSPS) is 17.5. The van der Waals surface area contributed by atoms with Crippen molar-refractivity contribution in [3.63, 3.8) is 0 Å². The maximum absolute atomic E-state index is 15.0. The quantitative estimate of drug-likeness (QED) is 0.132. The highest BCUT2D eigenvalue weighted by Gasteiger charge is 2.49. The third-order valence-electron chi connectivity index (χ3n) is 12.8. The van der Waals surface area contributed by atoms with Crippen molar-refractivity contribution in [2.24, 2.45) is 4.99 Å². The van der Waals surface area contributed by atoms with E-state index >= 15 is 0 Å². The fourth-order valence-electron chi connectivity index (χ4n) is 10.4. The Bertz CT molecular complexity index is 3370. The number of hydrogen-bond donors (Lipinski definition) is 4. The molecule has 0 radical (unpaired) electrons. The summed E-state index contributed by atoms with van der Waals surface area (Å²) in [6.07, 6.45) is 0. The summed E-state index contributed by atoms with van der Waals surface area (Å²) in [7, 11) is 0. The SMILES string of the molecule is O=C1C(c2ccc3c(Br)ccc4c3c2NC2(N4)c3ccccc3-c3ccccc32)=C(O)/C1=c1/ccc2c(Br)ccc3c2c1NC1(N=3)c2ccccc2-c2ccccc21. The van der Waals surface area contributed by atoms with Crippen molar-refractivity contribution in [1.29, 1.82) is 0 Å². The summed E-state index contributed by atoms with van der Waals surface area (Å²) in [4.78, 5) is 20.5. The summed E-state index contributed by atoms with van der Waals surface area (Å²) >= 11 is 7.58. The lowest BCUT2D eigenvalue weighted by atomic mass is 9.79. The molecule has 6 nitrogen and oxygen atoms in total. The van der Waals surface area contributed by atoms with Crippen molar-refractivity contribution in [2.45, 2.75) is 11.3 Å². The van der Waals surface area contributed by atoms with Crippen molar-refractivity contribution in [3.8, 4) is 22.3 Å². The van der Waals surface area contributed by atoms with Gasteiger partial charge in [-0.05, 0) is 46.5 Å². The number of hydrogen-bond acceptors (Lipinski definition) is 6. The lowest BCUT2D eigenvalue weighted by molar-refractivity contribution is -0.109. The molecule has 8 aromatic carbocycles.